The van der Waals surface area contributed by atoms with Gasteiger partial charge in [-0.1, -0.05) is 34.6 Å². The summed E-state index contributed by atoms with van der Waals surface area (Å²) in [4.78, 5) is 28.0. The number of nitrogens with two attached hydrogens (primary N) is 1. The van der Waals surface area contributed by atoms with Crippen LogP contribution in [-0.2, 0) is 9.59 Å². The number of carbonyl (C=O) groups excluding carboxylic acids is 2. The van der Waals surface area contributed by atoms with Crippen molar-refractivity contribution >= 4 is 11.8 Å². The van der Waals surface area contributed by atoms with Gasteiger partial charge in [-0.15, -0.1) is 0 Å². The van der Waals surface area contributed by atoms with Crippen LogP contribution in [0.3, 0.4) is 0 Å². The van der Waals surface area contributed by atoms with E-state index in [4.69, 9.17) is 5.73 Å². The highest BCUT2D eigenvalue weighted by Crippen LogP contribution is 2.19. The van der Waals surface area contributed by atoms with E-state index in [9.17, 15) is 9.59 Å². The predicted molar refractivity (Wildman–Crippen MR) is 80.0 cm³/mol. The minimum absolute atomic E-state index is 0.0153. The zero-order valence-corrected chi connectivity index (χ0v) is 13.5. The molecule has 0 aromatic rings. The number of nitrogens with zero attached hydrogens (tertiary/aromatic N) is 2. The minimum Gasteiger partial charge on any atom is -0.339 e. The molecule has 1 heterocycles. The summed E-state index contributed by atoms with van der Waals surface area (Å²) in [5, 5.41) is 0. The molecular weight excluding hydrogens is 254 g/mol. The molecule has 0 aromatic heterocycles. The summed E-state index contributed by atoms with van der Waals surface area (Å²) in [7, 11) is 0. The molecule has 116 valence electrons. The fourth-order valence-electron chi connectivity index (χ4n) is 2.45. The number of amides is 2. The maximum Gasteiger partial charge on any atom is 0.239 e. The molecule has 5 nitrogen and oxygen atoms in total. The first-order valence-corrected chi connectivity index (χ1v) is 7.46. The lowest BCUT2D eigenvalue weighted by Crippen LogP contribution is -2.56. The van der Waals surface area contributed by atoms with Crippen molar-refractivity contribution in [1.29, 1.82) is 0 Å². The third-order valence-electron chi connectivity index (χ3n) is 3.56. The number of hydrogen-bond donors (Lipinski definition) is 1. The number of piperazine rings is 1. The van der Waals surface area contributed by atoms with E-state index in [0.29, 0.717) is 38.5 Å². The van der Waals surface area contributed by atoms with Gasteiger partial charge in [0.1, 0.15) is 0 Å². The quantitative estimate of drug-likeness (QED) is 0.842. The van der Waals surface area contributed by atoms with Crippen molar-refractivity contribution in [1.82, 2.24) is 9.80 Å². The zero-order chi connectivity index (χ0) is 15.5. The molecule has 0 aliphatic carbocycles. The third kappa shape index (κ3) is 4.47. The van der Waals surface area contributed by atoms with Crippen LogP contribution in [0.4, 0.5) is 0 Å². The van der Waals surface area contributed by atoms with E-state index >= 15 is 0 Å². The second-order valence-electron chi connectivity index (χ2n) is 7.10. The van der Waals surface area contributed by atoms with E-state index in [-0.39, 0.29) is 17.2 Å². The van der Waals surface area contributed by atoms with E-state index < -0.39 is 6.04 Å². The van der Waals surface area contributed by atoms with Gasteiger partial charge in [0.15, 0.2) is 0 Å². The standard InChI is InChI=1S/C15H29N3O2/c1-11(2)10-12(16)13(19)17-6-8-18(9-7-17)14(20)15(3,4)5/h11-12H,6-10,16H2,1-5H3/t12-/m0/s1. The van der Waals surface area contributed by atoms with Gasteiger partial charge in [-0.25, -0.2) is 0 Å². The SMILES string of the molecule is CC(C)C[C@H](N)C(=O)N1CCN(C(=O)C(C)(C)C)CC1. The van der Waals surface area contributed by atoms with E-state index in [1.165, 1.54) is 0 Å². The molecule has 1 saturated heterocycles. The molecular formula is C15H29N3O2. The molecule has 1 fully saturated rings. The summed E-state index contributed by atoms with van der Waals surface area (Å²) in [6, 6.07) is -0.417. The Morgan fingerprint density at radius 3 is 1.90 bits per heavy atom. The number of rotatable bonds is 3. The highest BCUT2D eigenvalue weighted by molar-refractivity contribution is 5.83. The summed E-state index contributed by atoms with van der Waals surface area (Å²) in [6.07, 6.45) is 0.708. The fourth-order valence-corrected chi connectivity index (χ4v) is 2.45. The normalized spacial score (nSPS) is 18.4. The Bertz CT molecular complexity index is 353. The second-order valence-corrected chi connectivity index (χ2v) is 7.10. The van der Waals surface area contributed by atoms with Gasteiger partial charge in [-0.05, 0) is 12.3 Å². The topological polar surface area (TPSA) is 66.6 Å². The Kier molecular flexibility index (Phi) is 5.57. The third-order valence-corrected chi connectivity index (χ3v) is 3.56. The monoisotopic (exact) mass is 283 g/mol. The van der Waals surface area contributed by atoms with Gasteiger partial charge in [0.05, 0.1) is 6.04 Å². The molecule has 5 heteroatoms. The van der Waals surface area contributed by atoms with Crippen LogP contribution in [-0.4, -0.2) is 53.8 Å². The lowest BCUT2D eigenvalue weighted by molar-refractivity contribution is -0.145. The molecule has 2 N–H and O–H groups in total. The van der Waals surface area contributed by atoms with Crippen LogP contribution >= 0.6 is 0 Å². The molecule has 0 saturated carbocycles. The van der Waals surface area contributed by atoms with Gasteiger partial charge in [-0.2, -0.15) is 0 Å². The van der Waals surface area contributed by atoms with E-state index in [1.54, 1.807) is 4.90 Å². The van der Waals surface area contributed by atoms with Gasteiger partial charge in [-0.3, -0.25) is 9.59 Å². The summed E-state index contributed by atoms with van der Waals surface area (Å²) >= 11 is 0. The molecule has 0 spiro atoms. The van der Waals surface area contributed by atoms with Crippen LogP contribution < -0.4 is 5.73 Å². The summed E-state index contributed by atoms with van der Waals surface area (Å²) in [6.45, 7) is 12.3. The fraction of sp³-hybridized carbons (Fsp3) is 0.867. The first kappa shape index (κ1) is 17.0. The van der Waals surface area contributed by atoms with Crippen molar-refractivity contribution < 1.29 is 9.59 Å². The van der Waals surface area contributed by atoms with E-state index in [0.717, 1.165) is 0 Å². The predicted octanol–water partition coefficient (Wildman–Crippen LogP) is 1.08. The molecule has 20 heavy (non-hydrogen) atoms. The first-order valence-electron chi connectivity index (χ1n) is 7.46. The van der Waals surface area contributed by atoms with Gasteiger partial charge in [0, 0.05) is 31.6 Å². The summed E-state index contributed by atoms with van der Waals surface area (Å²) in [5.74, 6) is 0.579. The molecule has 1 aliphatic rings. The molecule has 2 amide bonds. The van der Waals surface area contributed by atoms with Crippen LogP contribution in [0.15, 0.2) is 0 Å². The zero-order valence-electron chi connectivity index (χ0n) is 13.5. The van der Waals surface area contributed by atoms with Crippen molar-refractivity contribution in [3.05, 3.63) is 0 Å². The van der Waals surface area contributed by atoms with Gasteiger partial charge >= 0.3 is 0 Å². The Morgan fingerprint density at radius 1 is 1.05 bits per heavy atom. The average Bonchev–Trinajstić information content (AvgIpc) is 2.35. The van der Waals surface area contributed by atoms with Gasteiger partial charge in [0.25, 0.3) is 0 Å². The molecule has 1 atom stereocenters. The van der Waals surface area contributed by atoms with Gasteiger partial charge < -0.3 is 15.5 Å². The van der Waals surface area contributed by atoms with E-state index in [1.807, 2.05) is 25.7 Å². The number of carbonyl (C=O) groups is 2. The Balaban J connectivity index is 2.50. The lowest BCUT2D eigenvalue weighted by atomic mass is 9.94. The van der Waals surface area contributed by atoms with Crippen molar-refractivity contribution in [2.45, 2.75) is 47.1 Å². The van der Waals surface area contributed by atoms with Crippen LogP contribution in [0.25, 0.3) is 0 Å². The van der Waals surface area contributed by atoms with E-state index in [2.05, 4.69) is 13.8 Å². The molecule has 0 bridgehead atoms. The van der Waals surface area contributed by atoms with Crippen LogP contribution in [0.5, 0.6) is 0 Å². The largest absolute Gasteiger partial charge is 0.339 e. The molecule has 0 unspecified atom stereocenters. The molecule has 1 rings (SSSR count). The first-order chi connectivity index (χ1) is 9.12. The van der Waals surface area contributed by atoms with Crippen molar-refractivity contribution in [2.75, 3.05) is 26.2 Å². The summed E-state index contributed by atoms with van der Waals surface area (Å²) < 4.78 is 0. The Morgan fingerprint density at radius 2 is 1.50 bits per heavy atom. The highest BCUT2D eigenvalue weighted by atomic mass is 16.2. The maximum absolute atomic E-state index is 12.2. The smallest absolute Gasteiger partial charge is 0.239 e. The maximum atomic E-state index is 12.2. The van der Waals surface area contributed by atoms with Crippen molar-refractivity contribution in [3.63, 3.8) is 0 Å². The molecule has 0 aromatic carbocycles. The van der Waals surface area contributed by atoms with Crippen LogP contribution in [0.2, 0.25) is 0 Å². The second kappa shape index (κ2) is 6.57. The Labute approximate surface area is 122 Å². The van der Waals surface area contributed by atoms with Crippen LogP contribution in [0, 0.1) is 11.3 Å². The van der Waals surface area contributed by atoms with Crippen molar-refractivity contribution in [3.8, 4) is 0 Å². The minimum atomic E-state index is -0.417. The molecule has 1 aliphatic heterocycles. The molecule has 0 radical (unpaired) electrons. The van der Waals surface area contributed by atoms with Crippen molar-refractivity contribution in [2.24, 2.45) is 17.1 Å². The summed E-state index contributed by atoms with van der Waals surface area (Å²) in [5.41, 5.74) is 5.58. The Hall–Kier alpha value is -1.10. The highest BCUT2D eigenvalue weighted by Gasteiger charge is 2.31. The van der Waals surface area contributed by atoms with Gasteiger partial charge in [0.2, 0.25) is 11.8 Å². The van der Waals surface area contributed by atoms with Crippen LogP contribution in [0.1, 0.15) is 41.0 Å². The lowest BCUT2D eigenvalue weighted by Gasteiger charge is -2.38. The average molecular weight is 283 g/mol. The number of hydrogen-bond acceptors (Lipinski definition) is 3.